The number of rotatable bonds is 2. The minimum absolute atomic E-state index is 0.0983. The number of methoxy groups -OCH3 is 1. The van der Waals surface area contributed by atoms with Crippen LogP contribution >= 0.6 is 0 Å². The SMILES string of the molecule is COC(=O)c1cccc([C@H]2CC(=O)c3cc(F)ccc3O2)c1. The molecule has 22 heavy (non-hydrogen) atoms. The second-order valence-corrected chi connectivity index (χ2v) is 4.99. The van der Waals surface area contributed by atoms with Crippen LogP contribution in [-0.4, -0.2) is 18.9 Å². The summed E-state index contributed by atoms with van der Waals surface area (Å²) in [4.78, 5) is 23.7. The Morgan fingerprint density at radius 2 is 2.09 bits per heavy atom. The fraction of sp³-hybridized carbons (Fsp3) is 0.176. The first-order chi connectivity index (χ1) is 10.6. The van der Waals surface area contributed by atoms with Crippen LogP contribution in [0, 0.1) is 5.82 Å². The quantitative estimate of drug-likeness (QED) is 0.798. The summed E-state index contributed by atoms with van der Waals surface area (Å²) in [6.07, 6.45) is -0.406. The van der Waals surface area contributed by atoms with Gasteiger partial charge in [-0.3, -0.25) is 4.79 Å². The molecule has 0 fully saturated rings. The number of hydrogen-bond donors (Lipinski definition) is 0. The van der Waals surface area contributed by atoms with E-state index in [1.54, 1.807) is 24.3 Å². The van der Waals surface area contributed by atoms with Gasteiger partial charge in [-0.2, -0.15) is 0 Å². The van der Waals surface area contributed by atoms with Gasteiger partial charge in [-0.15, -0.1) is 0 Å². The van der Waals surface area contributed by atoms with E-state index < -0.39 is 17.9 Å². The standard InChI is InChI=1S/C17H13FO4/c1-21-17(20)11-4-2-3-10(7-11)16-9-14(19)13-8-12(18)5-6-15(13)22-16/h2-8,16H,9H2,1H3/t16-/m1/s1. The first kappa shape index (κ1) is 14.3. The number of esters is 1. The normalized spacial score (nSPS) is 16.6. The van der Waals surface area contributed by atoms with Crippen molar-refractivity contribution in [1.82, 2.24) is 0 Å². The molecule has 0 aliphatic carbocycles. The fourth-order valence-electron chi connectivity index (χ4n) is 2.47. The van der Waals surface area contributed by atoms with Crippen molar-refractivity contribution in [3.05, 3.63) is 65.0 Å². The third kappa shape index (κ3) is 2.57. The maximum Gasteiger partial charge on any atom is 0.337 e. The summed E-state index contributed by atoms with van der Waals surface area (Å²) in [5, 5.41) is 0. The first-order valence-electron chi connectivity index (χ1n) is 6.76. The molecule has 4 nitrogen and oxygen atoms in total. The van der Waals surface area contributed by atoms with Crippen LogP contribution in [0.4, 0.5) is 4.39 Å². The second-order valence-electron chi connectivity index (χ2n) is 4.99. The molecule has 1 aliphatic heterocycles. The van der Waals surface area contributed by atoms with Gasteiger partial charge in [0, 0.05) is 0 Å². The van der Waals surface area contributed by atoms with Crippen LogP contribution in [0.3, 0.4) is 0 Å². The van der Waals surface area contributed by atoms with Crippen LogP contribution in [0.1, 0.15) is 38.8 Å². The highest BCUT2D eigenvalue weighted by atomic mass is 19.1. The Hall–Kier alpha value is -2.69. The topological polar surface area (TPSA) is 52.6 Å². The van der Waals surface area contributed by atoms with E-state index in [-0.39, 0.29) is 17.8 Å². The van der Waals surface area contributed by atoms with E-state index in [1.807, 2.05) is 0 Å². The molecule has 112 valence electrons. The van der Waals surface area contributed by atoms with Crippen molar-refractivity contribution in [2.45, 2.75) is 12.5 Å². The van der Waals surface area contributed by atoms with Crippen molar-refractivity contribution in [3.8, 4) is 5.75 Å². The van der Waals surface area contributed by atoms with Crippen LogP contribution in [0.5, 0.6) is 5.75 Å². The molecule has 3 rings (SSSR count). The Balaban J connectivity index is 1.93. The van der Waals surface area contributed by atoms with Gasteiger partial charge in [-0.05, 0) is 35.9 Å². The third-order valence-corrected chi connectivity index (χ3v) is 3.56. The van der Waals surface area contributed by atoms with Crippen molar-refractivity contribution < 1.29 is 23.5 Å². The molecular weight excluding hydrogens is 287 g/mol. The molecule has 1 heterocycles. The summed E-state index contributed by atoms with van der Waals surface area (Å²) in [7, 11) is 1.31. The molecule has 1 aliphatic rings. The molecule has 0 spiro atoms. The number of carbonyl (C=O) groups excluding carboxylic acids is 2. The summed E-state index contributed by atoms with van der Waals surface area (Å²) >= 11 is 0. The molecule has 0 aromatic heterocycles. The monoisotopic (exact) mass is 300 g/mol. The molecular formula is C17H13FO4. The summed E-state index contributed by atoms with van der Waals surface area (Å²) in [5.41, 5.74) is 1.34. The zero-order valence-electron chi connectivity index (χ0n) is 11.8. The highest BCUT2D eigenvalue weighted by Crippen LogP contribution is 2.35. The summed E-state index contributed by atoms with van der Waals surface area (Å²) < 4.78 is 23.7. The van der Waals surface area contributed by atoms with Gasteiger partial charge >= 0.3 is 5.97 Å². The van der Waals surface area contributed by atoms with E-state index in [2.05, 4.69) is 4.74 Å². The van der Waals surface area contributed by atoms with Gasteiger partial charge in [0.25, 0.3) is 0 Å². The molecule has 5 heteroatoms. The van der Waals surface area contributed by atoms with Crippen molar-refractivity contribution in [1.29, 1.82) is 0 Å². The lowest BCUT2D eigenvalue weighted by molar-refractivity contribution is 0.0600. The molecule has 0 bridgehead atoms. The zero-order chi connectivity index (χ0) is 15.7. The van der Waals surface area contributed by atoms with E-state index >= 15 is 0 Å². The van der Waals surface area contributed by atoms with Gasteiger partial charge in [0.1, 0.15) is 17.7 Å². The Kier molecular flexibility index (Phi) is 3.63. The van der Waals surface area contributed by atoms with Crippen molar-refractivity contribution >= 4 is 11.8 Å². The Bertz CT molecular complexity index is 754. The van der Waals surface area contributed by atoms with Gasteiger partial charge in [0.2, 0.25) is 0 Å². The predicted molar refractivity (Wildman–Crippen MR) is 76.5 cm³/mol. The zero-order valence-corrected chi connectivity index (χ0v) is 11.8. The molecule has 0 saturated carbocycles. The van der Waals surface area contributed by atoms with Crippen LogP contribution in [0.25, 0.3) is 0 Å². The Morgan fingerprint density at radius 1 is 1.27 bits per heavy atom. The number of ether oxygens (including phenoxy) is 2. The molecule has 0 amide bonds. The van der Waals surface area contributed by atoms with Gasteiger partial charge in [-0.1, -0.05) is 12.1 Å². The van der Waals surface area contributed by atoms with Crippen molar-refractivity contribution in [3.63, 3.8) is 0 Å². The van der Waals surface area contributed by atoms with Crippen molar-refractivity contribution in [2.24, 2.45) is 0 Å². The van der Waals surface area contributed by atoms with Crippen LogP contribution in [-0.2, 0) is 4.74 Å². The average Bonchev–Trinajstić information content (AvgIpc) is 2.54. The summed E-state index contributed by atoms with van der Waals surface area (Å²) in [6, 6.07) is 10.6. The minimum atomic E-state index is -0.505. The van der Waals surface area contributed by atoms with E-state index in [0.29, 0.717) is 16.9 Å². The Labute approximate surface area is 126 Å². The lowest BCUT2D eigenvalue weighted by atomic mass is 9.95. The van der Waals surface area contributed by atoms with Crippen LogP contribution < -0.4 is 4.74 Å². The summed E-state index contributed by atoms with van der Waals surface area (Å²) in [6.45, 7) is 0. The van der Waals surface area contributed by atoms with E-state index in [1.165, 1.54) is 25.3 Å². The molecule has 2 aromatic carbocycles. The van der Waals surface area contributed by atoms with E-state index in [0.717, 1.165) is 0 Å². The number of fused-ring (bicyclic) bond motifs is 1. The maximum absolute atomic E-state index is 13.2. The lowest BCUT2D eigenvalue weighted by Gasteiger charge is -2.25. The van der Waals surface area contributed by atoms with Crippen molar-refractivity contribution in [2.75, 3.05) is 7.11 Å². The minimum Gasteiger partial charge on any atom is -0.484 e. The fourth-order valence-corrected chi connectivity index (χ4v) is 2.47. The molecule has 0 radical (unpaired) electrons. The van der Waals surface area contributed by atoms with Crippen LogP contribution in [0.15, 0.2) is 42.5 Å². The smallest absolute Gasteiger partial charge is 0.337 e. The first-order valence-corrected chi connectivity index (χ1v) is 6.76. The number of ketones is 1. The maximum atomic E-state index is 13.2. The second kappa shape index (κ2) is 5.60. The van der Waals surface area contributed by atoms with Gasteiger partial charge in [-0.25, -0.2) is 9.18 Å². The van der Waals surface area contributed by atoms with Gasteiger partial charge < -0.3 is 9.47 Å². The molecule has 0 N–H and O–H groups in total. The highest BCUT2D eigenvalue weighted by molar-refractivity contribution is 6.00. The van der Waals surface area contributed by atoms with Crippen LogP contribution in [0.2, 0.25) is 0 Å². The van der Waals surface area contributed by atoms with Gasteiger partial charge in [0.05, 0.1) is 24.7 Å². The number of halogens is 1. The molecule has 2 aromatic rings. The third-order valence-electron chi connectivity index (χ3n) is 3.56. The molecule has 1 atom stereocenters. The molecule has 0 saturated heterocycles. The number of benzene rings is 2. The average molecular weight is 300 g/mol. The van der Waals surface area contributed by atoms with E-state index in [4.69, 9.17) is 4.74 Å². The van der Waals surface area contributed by atoms with Gasteiger partial charge in [0.15, 0.2) is 5.78 Å². The summed E-state index contributed by atoms with van der Waals surface area (Å²) in [5.74, 6) is -0.756. The number of carbonyl (C=O) groups is 2. The Morgan fingerprint density at radius 3 is 2.86 bits per heavy atom. The van der Waals surface area contributed by atoms with E-state index in [9.17, 15) is 14.0 Å². The number of hydrogen-bond acceptors (Lipinski definition) is 4. The predicted octanol–water partition coefficient (Wildman–Crippen LogP) is 3.32. The lowest BCUT2D eigenvalue weighted by Crippen LogP contribution is -2.20. The highest BCUT2D eigenvalue weighted by Gasteiger charge is 2.28. The molecule has 0 unspecified atom stereocenters. The number of Topliss-reactive ketones (excluding diaryl/α,β-unsaturated/α-hetero) is 1. The largest absolute Gasteiger partial charge is 0.484 e.